The van der Waals surface area contributed by atoms with E-state index in [1.807, 2.05) is 40.9 Å². The van der Waals surface area contributed by atoms with Crippen LogP contribution in [0.4, 0.5) is 0 Å². The van der Waals surface area contributed by atoms with E-state index in [4.69, 9.17) is 14.6 Å². The zero-order chi connectivity index (χ0) is 17.5. The van der Waals surface area contributed by atoms with Gasteiger partial charge in [-0.3, -0.25) is 0 Å². The number of hydrogen-bond donors (Lipinski definition) is 0. The number of hydrogen-bond acceptors (Lipinski definition) is 6. The van der Waals surface area contributed by atoms with Gasteiger partial charge in [-0.25, -0.2) is 0 Å². The van der Waals surface area contributed by atoms with Crippen molar-refractivity contribution in [3.05, 3.63) is 70.5 Å². The van der Waals surface area contributed by atoms with E-state index in [1.54, 1.807) is 0 Å². The molecule has 6 nitrogen and oxygen atoms in total. The van der Waals surface area contributed by atoms with Gasteiger partial charge in [-0.2, -0.15) is 9.61 Å². The summed E-state index contributed by atoms with van der Waals surface area (Å²) in [5.41, 5.74) is 2.46. The lowest BCUT2D eigenvalue weighted by atomic mass is 10.1. The maximum absolute atomic E-state index is 6.06. The average Bonchev–Trinajstić information content (AvgIpc) is 3.25. The Balaban J connectivity index is 1.45. The Bertz CT molecular complexity index is 1090. The molecule has 130 valence electrons. The SMILES string of the molecule is Cc1ccccc1Cc1nnc2sc([C@H]3COc4ccccc4O3)nn12. The zero-order valence-electron chi connectivity index (χ0n) is 14.1. The summed E-state index contributed by atoms with van der Waals surface area (Å²) in [7, 11) is 0. The van der Waals surface area contributed by atoms with Gasteiger partial charge in [0.05, 0.1) is 0 Å². The molecular formula is C19H16N4O2S. The molecule has 1 atom stereocenters. The third kappa shape index (κ3) is 2.61. The molecule has 1 aliphatic rings. The van der Waals surface area contributed by atoms with Crippen molar-refractivity contribution in [1.29, 1.82) is 0 Å². The van der Waals surface area contributed by atoms with E-state index in [0.29, 0.717) is 13.0 Å². The standard InChI is InChI=1S/C19H16N4O2S/c1-12-6-2-3-7-13(12)10-17-20-21-19-23(17)22-18(26-19)16-11-24-14-8-4-5-9-15(14)25-16/h2-9,16H,10-11H2,1H3/t16-/m1/s1. The lowest BCUT2D eigenvalue weighted by Crippen LogP contribution is -2.21. The molecule has 0 spiro atoms. The molecule has 5 rings (SSSR count). The van der Waals surface area contributed by atoms with Gasteiger partial charge in [-0.05, 0) is 30.2 Å². The minimum Gasteiger partial charge on any atom is -0.485 e. The van der Waals surface area contributed by atoms with Crippen molar-refractivity contribution in [2.45, 2.75) is 19.4 Å². The summed E-state index contributed by atoms with van der Waals surface area (Å²) in [6, 6.07) is 16.0. The van der Waals surface area contributed by atoms with Crippen LogP contribution in [0.25, 0.3) is 4.96 Å². The van der Waals surface area contributed by atoms with Gasteiger partial charge in [-0.1, -0.05) is 47.7 Å². The zero-order valence-corrected chi connectivity index (χ0v) is 14.9. The highest BCUT2D eigenvalue weighted by molar-refractivity contribution is 7.16. The molecule has 0 radical (unpaired) electrons. The number of nitrogens with zero attached hydrogens (tertiary/aromatic N) is 4. The van der Waals surface area contributed by atoms with E-state index >= 15 is 0 Å². The average molecular weight is 364 g/mol. The number of benzene rings is 2. The van der Waals surface area contributed by atoms with Crippen molar-refractivity contribution < 1.29 is 9.47 Å². The fourth-order valence-electron chi connectivity index (χ4n) is 3.03. The van der Waals surface area contributed by atoms with Crippen molar-refractivity contribution >= 4 is 16.3 Å². The maximum Gasteiger partial charge on any atom is 0.234 e. The monoisotopic (exact) mass is 364 g/mol. The smallest absolute Gasteiger partial charge is 0.234 e. The van der Waals surface area contributed by atoms with Crippen LogP contribution in [0.3, 0.4) is 0 Å². The molecule has 4 aromatic rings. The van der Waals surface area contributed by atoms with Crippen LogP contribution in [0.15, 0.2) is 48.5 Å². The molecule has 2 aromatic carbocycles. The number of para-hydroxylation sites is 2. The van der Waals surface area contributed by atoms with Gasteiger partial charge in [0.15, 0.2) is 28.4 Å². The van der Waals surface area contributed by atoms with Crippen LogP contribution in [0.5, 0.6) is 11.5 Å². The Kier molecular flexibility index (Phi) is 3.60. The topological polar surface area (TPSA) is 61.5 Å². The van der Waals surface area contributed by atoms with E-state index < -0.39 is 0 Å². The molecule has 0 unspecified atom stereocenters. The Labute approximate surface area is 154 Å². The molecule has 0 saturated heterocycles. The van der Waals surface area contributed by atoms with E-state index in [1.165, 1.54) is 22.5 Å². The Morgan fingerprint density at radius 2 is 1.88 bits per heavy atom. The van der Waals surface area contributed by atoms with E-state index in [9.17, 15) is 0 Å². The molecule has 0 aliphatic carbocycles. The first-order chi connectivity index (χ1) is 12.8. The number of aryl methyl sites for hydroxylation is 1. The second kappa shape index (κ2) is 6.10. The maximum atomic E-state index is 6.06. The fraction of sp³-hybridized carbons (Fsp3) is 0.211. The van der Waals surface area contributed by atoms with E-state index in [0.717, 1.165) is 27.3 Å². The number of ether oxygens (including phenoxy) is 2. The summed E-state index contributed by atoms with van der Waals surface area (Å²) in [4.78, 5) is 0.769. The molecular weight excluding hydrogens is 348 g/mol. The van der Waals surface area contributed by atoms with Gasteiger partial charge in [0.2, 0.25) is 4.96 Å². The summed E-state index contributed by atoms with van der Waals surface area (Å²) in [6.07, 6.45) is 0.463. The van der Waals surface area contributed by atoms with Gasteiger partial charge in [0, 0.05) is 6.42 Å². The van der Waals surface area contributed by atoms with Gasteiger partial charge in [-0.15, -0.1) is 10.2 Å². The molecule has 1 aliphatic heterocycles. The summed E-state index contributed by atoms with van der Waals surface area (Å²) in [6.45, 7) is 2.54. The predicted octanol–water partition coefficient (Wildman–Crippen LogP) is 3.60. The lowest BCUT2D eigenvalue weighted by molar-refractivity contribution is 0.0904. The van der Waals surface area contributed by atoms with Gasteiger partial charge >= 0.3 is 0 Å². The Morgan fingerprint density at radius 3 is 2.77 bits per heavy atom. The Hall–Kier alpha value is -2.93. The third-order valence-corrected chi connectivity index (χ3v) is 5.46. The Morgan fingerprint density at radius 1 is 1.08 bits per heavy atom. The number of fused-ring (bicyclic) bond motifs is 2. The van der Waals surface area contributed by atoms with Crippen molar-refractivity contribution in [3.63, 3.8) is 0 Å². The lowest BCUT2D eigenvalue weighted by Gasteiger charge is -2.24. The summed E-state index contributed by atoms with van der Waals surface area (Å²) < 4.78 is 13.7. The summed E-state index contributed by atoms with van der Waals surface area (Å²) >= 11 is 1.49. The minimum absolute atomic E-state index is 0.233. The molecule has 0 saturated carbocycles. The first kappa shape index (κ1) is 15.3. The van der Waals surface area contributed by atoms with E-state index in [-0.39, 0.29) is 6.10 Å². The number of aromatic nitrogens is 4. The van der Waals surface area contributed by atoms with Gasteiger partial charge in [0.1, 0.15) is 6.61 Å². The second-order valence-electron chi connectivity index (χ2n) is 6.22. The molecule has 0 fully saturated rings. The van der Waals surface area contributed by atoms with Crippen molar-refractivity contribution in [3.8, 4) is 11.5 Å². The normalized spacial score (nSPS) is 16.1. The molecule has 26 heavy (non-hydrogen) atoms. The highest BCUT2D eigenvalue weighted by atomic mass is 32.1. The van der Waals surface area contributed by atoms with Crippen molar-refractivity contribution in [1.82, 2.24) is 19.8 Å². The first-order valence-corrected chi connectivity index (χ1v) is 9.23. The summed E-state index contributed by atoms with van der Waals surface area (Å²) in [5.74, 6) is 2.34. The van der Waals surface area contributed by atoms with Crippen LogP contribution in [0, 0.1) is 6.92 Å². The molecule has 7 heteroatoms. The van der Waals surface area contributed by atoms with Gasteiger partial charge < -0.3 is 9.47 Å². The van der Waals surface area contributed by atoms with E-state index in [2.05, 4.69) is 29.3 Å². The summed E-state index contributed by atoms with van der Waals surface area (Å²) in [5, 5.41) is 14.1. The minimum atomic E-state index is -0.233. The fourth-order valence-corrected chi connectivity index (χ4v) is 3.90. The molecule has 2 aromatic heterocycles. The van der Waals surface area contributed by atoms with Gasteiger partial charge in [0.25, 0.3) is 0 Å². The quantitative estimate of drug-likeness (QED) is 0.556. The largest absolute Gasteiger partial charge is 0.485 e. The molecule has 0 N–H and O–H groups in total. The third-order valence-electron chi connectivity index (χ3n) is 4.46. The second-order valence-corrected chi connectivity index (χ2v) is 7.21. The molecule has 0 amide bonds. The highest BCUT2D eigenvalue weighted by Crippen LogP contribution is 2.36. The first-order valence-electron chi connectivity index (χ1n) is 8.42. The molecule has 3 heterocycles. The number of rotatable bonds is 3. The van der Waals surface area contributed by atoms with Crippen molar-refractivity contribution in [2.24, 2.45) is 0 Å². The van der Waals surface area contributed by atoms with Crippen LogP contribution in [-0.2, 0) is 6.42 Å². The van der Waals surface area contributed by atoms with Crippen LogP contribution >= 0.6 is 11.3 Å². The van der Waals surface area contributed by atoms with Crippen LogP contribution in [0.1, 0.15) is 28.1 Å². The van der Waals surface area contributed by atoms with Crippen LogP contribution in [-0.4, -0.2) is 26.4 Å². The van der Waals surface area contributed by atoms with Crippen molar-refractivity contribution in [2.75, 3.05) is 6.61 Å². The molecule has 0 bridgehead atoms. The van der Waals surface area contributed by atoms with Crippen LogP contribution in [0.2, 0.25) is 0 Å². The highest BCUT2D eigenvalue weighted by Gasteiger charge is 2.26. The predicted molar refractivity (Wildman–Crippen MR) is 98.0 cm³/mol. The van der Waals surface area contributed by atoms with Crippen LogP contribution < -0.4 is 9.47 Å².